The Bertz CT molecular complexity index is 123. The summed E-state index contributed by atoms with van der Waals surface area (Å²) in [7, 11) is 0. The predicted octanol–water partition coefficient (Wildman–Crippen LogP) is 1.24. The van der Waals surface area contributed by atoms with Crippen LogP contribution in [0.4, 0.5) is 4.39 Å². The second-order valence-electron chi connectivity index (χ2n) is 3.37. The van der Waals surface area contributed by atoms with Gasteiger partial charge in [-0.3, -0.25) is 0 Å². The number of alkyl halides is 1. The van der Waals surface area contributed by atoms with Gasteiger partial charge in [0, 0.05) is 12.6 Å². The lowest BCUT2D eigenvalue weighted by molar-refractivity contribution is -0.0439. The first-order valence-corrected chi connectivity index (χ1v) is 4.18. The maximum Gasteiger partial charge on any atom is 0.137 e. The van der Waals surface area contributed by atoms with Crippen LogP contribution in [-0.2, 0) is 4.74 Å². The van der Waals surface area contributed by atoms with E-state index in [9.17, 15) is 4.39 Å². The van der Waals surface area contributed by atoms with E-state index in [1.807, 2.05) is 6.92 Å². The summed E-state index contributed by atoms with van der Waals surface area (Å²) in [6, 6.07) is 0.0604. The van der Waals surface area contributed by atoms with E-state index in [0.717, 1.165) is 6.42 Å². The highest BCUT2D eigenvalue weighted by Crippen LogP contribution is 2.34. The van der Waals surface area contributed by atoms with Crippen molar-refractivity contribution in [2.45, 2.75) is 37.9 Å². The van der Waals surface area contributed by atoms with Crippen molar-refractivity contribution in [3.05, 3.63) is 0 Å². The predicted molar refractivity (Wildman–Crippen MR) is 42.2 cm³/mol. The van der Waals surface area contributed by atoms with Gasteiger partial charge in [0.15, 0.2) is 0 Å². The van der Waals surface area contributed by atoms with E-state index in [1.54, 1.807) is 0 Å². The molecule has 0 saturated heterocycles. The van der Waals surface area contributed by atoms with Gasteiger partial charge in [0.1, 0.15) is 5.67 Å². The van der Waals surface area contributed by atoms with Gasteiger partial charge in [-0.05, 0) is 19.3 Å². The fraction of sp³-hybridized carbons (Fsp3) is 1.00. The third-order valence-corrected chi connectivity index (χ3v) is 1.97. The molecule has 3 heteroatoms. The van der Waals surface area contributed by atoms with Crippen molar-refractivity contribution in [2.75, 3.05) is 13.2 Å². The summed E-state index contributed by atoms with van der Waals surface area (Å²) in [5.74, 6) is 0. The zero-order valence-corrected chi connectivity index (χ0v) is 6.98. The van der Waals surface area contributed by atoms with Crippen LogP contribution in [0.1, 0.15) is 26.2 Å². The molecule has 0 aromatic heterocycles. The SMILES string of the molecule is CCCOCC1(F)CC(N)C1. The average molecular weight is 161 g/mol. The van der Waals surface area contributed by atoms with Crippen LogP contribution in [-0.4, -0.2) is 24.9 Å². The molecule has 66 valence electrons. The second-order valence-corrected chi connectivity index (χ2v) is 3.37. The monoisotopic (exact) mass is 161 g/mol. The lowest BCUT2D eigenvalue weighted by Gasteiger charge is -2.38. The molecule has 0 bridgehead atoms. The minimum atomic E-state index is -1.10. The highest BCUT2D eigenvalue weighted by molar-refractivity contribution is 4.96. The van der Waals surface area contributed by atoms with Gasteiger partial charge in [0.25, 0.3) is 0 Å². The molecule has 0 heterocycles. The van der Waals surface area contributed by atoms with Crippen molar-refractivity contribution in [3.8, 4) is 0 Å². The molecule has 1 rings (SSSR count). The Hall–Kier alpha value is -0.150. The Morgan fingerprint density at radius 1 is 1.64 bits per heavy atom. The minimum absolute atomic E-state index is 0.0604. The third kappa shape index (κ3) is 2.42. The van der Waals surface area contributed by atoms with Crippen LogP contribution in [0.2, 0.25) is 0 Å². The molecule has 0 radical (unpaired) electrons. The van der Waals surface area contributed by atoms with Gasteiger partial charge in [0.2, 0.25) is 0 Å². The van der Waals surface area contributed by atoms with Crippen LogP contribution < -0.4 is 5.73 Å². The first kappa shape index (κ1) is 8.94. The summed E-state index contributed by atoms with van der Waals surface area (Å²) in [4.78, 5) is 0. The number of halogens is 1. The van der Waals surface area contributed by atoms with Gasteiger partial charge in [-0.2, -0.15) is 0 Å². The van der Waals surface area contributed by atoms with E-state index in [4.69, 9.17) is 10.5 Å². The van der Waals surface area contributed by atoms with Crippen LogP contribution in [0, 0.1) is 0 Å². The summed E-state index contributed by atoms with van der Waals surface area (Å²) in [5, 5.41) is 0. The van der Waals surface area contributed by atoms with Gasteiger partial charge in [-0.15, -0.1) is 0 Å². The molecule has 11 heavy (non-hydrogen) atoms. The first-order valence-electron chi connectivity index (χ1n) is 4.18. The van der Waals surface area contributed by atoms with E-state index >= 15 is 0 Å². The van der Waals surface area contributed by atoms with Crippen LogP contribution in [0.5, 0.6) is 0 Å². The molecule has 0 aliphatic heterocycles. The van der Waals surface area contributed by atoms with Crippen LogP contribution >= 0.6 is 0 Å². The quantitative estimate of drug-likeness (QED) is 0.630. The maximum atomic E-state index is 13.3. The smallest absolute Gasteiger partial charge is 0.137 e. The van der Waals surface area contributed by atoms with Crippen molar-refractivity contribution >= 4 is 0 Å². The second kappa shape index (κ2) is 3.50. The minimum Gasteiger partial charge on any atom is -0.378 e. The summed E-state index contributed by atoms with van der Waals surface area (Å²) < 4.78 is 18.4. The highest BCUT2D eigenvalue weighted by atomic mass is 19.1. The molecule has 0 aromatic rings. The van der Waals surface area contributed by atoms with Crippen molar-refractivity contribution in [2.24, 2.45) is 5.73 Å². The molecule has 0 spiro atoms. The molecule has 0 amide bonds. The number of hydrogen-bond donors (Lipinski definition) is 1. The van der Waals surface area contributed by atoms with E-state index in [-0.39, 0.29) is 12.6 Å². The molecule has 1 fully saturated rings. The highest BCUT2D eigenvalue weighted by Gasteiger charge is 2.43. The van der Waals surface area contributed by atoms with E-state index in [2.05, 4.69) is 0 Å². The van der Waals surface area contributed by atoms with E-state index < -0.39 is 5.67 Å². The number of hydrogen-bond acceptors (Lipinski definition) is 2. The molecule has 1 aliphatic carbocycles. The third-order valence-electron chi connectivity index (χ3n) is 1.97. The van der Waals surface area contributed by atoms with Gasteiger partial charge in [-0.25, -0.2) is 4.39 Å². The molecule has 0 atom stereocenters. The topological polar surface area (TPSA) is 35.2 Å². The van der Waals surface area contributed by atoms with Gasteiger partial charge >= 0.3 is 0 Å². The van der Waals surface area contributed by atoms with Crippen molar-refractivity contribution in [1.82, 2.24) is 0 Å². The first-order chi connectivity index (χ1) is 5.16. The van der Waals surface area contributed by atoms with Crippen molar-refractivity contribution in [1.29, 1.82) is 0 Å². The van der Waals surface area contributed by atoms with Crippen LogP contribution in [0.25, 0.3) is 0 Å². The molecule has 1 saturated carbocycles. The molecule has 1 aliphatic rings. The fourth-order valence-corrected chi connectivity index (χ4v) is 1.40. The molecule has 0 unspecified atom stereocenters. The summed E-state index contributed by atoms with van der Waals surface area (Å²) in [6.07, 6.45) is 1.88. The molecule has 2 N–H and O–H groups in total. The Labute approximate surface area is 66.9 Å². The Morgan fingerprint density at radius 2 is 2.27 bits per heavy atom. The summed E-state index contributed by atoms with van der Waals surface area (Å²) in [6.45, 7) is 2.90. The fourth-order valence-electron chi connectivity index (χ4n) is 1.40. The number of nitrogens with two attached hydrogens (primary N) is 1. The normalized spacial score (nSPS) is 36.8. The number of rotatable bonds is 4. The van der Waals surface area contributed by atoms with Crippen molar-refractivity contribution < 1.29 is 9.13 Å². The standard InChI is InChI=1S/C8H16FNO/c1-2-3-11-6-8(9)4-7(10)5-8/h7H,2-6,10H2,1H3. The molecular formula is C8H16FNO. The molecule has 0 aromatic carbocycles. The molecule has 2 nitrogen and oxygen atoms in total. The van der Waals surface area contributed by atoms with Crippen LogP contribution in [0.15, 0.2) is 0 Å². The maximum absolute atomic E-state index is 13.3. The van der Waals surface area contributed by atoms with Crippen molar-refractivity contribution in [3.63, 3.8) is 0 Å². The van der Waals surface area contributed by atoms with Gasteiger partial charge in [-0.1, -0.05) is 6.92 Å². The molecular weight excluding hydrogens is 145 g/mol. The largest absolute Gasteiger partial charge is 0.378 e. The Balaban J connectivity index is 2.07. The summed E-state index contributed by atoms with van der Waals surface area (Å²) >= 11 is 0. The number of ether oxygens (including phenoxy) is 1. The van der Waals surface area contributed by atoms with E-state index in [1.165, 1.54) is 0 Å². The lowest BCUT2D eigenvalue weighted by Crippen LogP contribution is -2.51. The van der Waals surface area contributed by atoms with E-state index in [0.29, 0.717) is 19.4 Å². The van der Waals surface area contributed by atoms with Gasteiger partial charge in [0.05, 0.1) is 6.61 Å². The van der Waals surface area contributed by atoms with Gasteiger partial charge < -0.3 is 10.5 Å². The zero-order chi connectivity index (χ0) is 8.32. The Kier molecular flexibility index (Phi) is 2.84. The summed E-state index contributed by atoms with van der Waals surface area (Å²) in [5.41, 5.74) is 4.36. The van der Waals surface area contributed by atoms with Crippen LogP contribution in [0.3, 0.4) is 0 Å². The zero-order valence-electron chi connectivity index (χ0n) is 6.98. The Morgan fingerprint density at radius 3 is 2.73 bits per heavy atom. The lowest BCUT2D eigenvalue weighted by atomic mass is 9.78. The average Bonchev–Trinajstić information content (AvgIpc) is 1.85.